The highest BCUT2D eigenvalue weighted by Gasteiger charge is 2.03. The van der Waals surface area contributed by atoms with Gasteiger partial charge in [-0.15, -0.1) is 5.10 Å². The Morgan fingerprint density at radius 1 is 1.80 bits per heavy atom. The maximum absolute atomic E-state index is 12.2. The van der Waals surface area contributed by atoms with Crippen LogP contribution in [0.1, 0.15) is 26.3 Å². The standard InChI is InChI=1S/C6H10FN3/c1-3-5(2)10-4-8-6(7)9-10/h4-5H,3H2,1-2H3. The minimum absolute atomic E-state index is 0.233. The smallest absolute Gasteiger partial charge is 0.247 e. The zero-order valence-corrected chi connectivity index (χ0v) is 6.08. The van der Waals surface area contributed by atoms with Crippen molar-refractivity contribution in [3.63, 3.8) is 0 Å². The molecular weight excluding hydrogens is 133 g/mol. The first-order valence-corrected chi connectivity index (χ1v) is 3.30. The number of rotatable bonds is 2. The first-order chi connectivity index (χ1) is 4.74. The van der Waals surface area contributed by atoms with Crippen molar-refractivity contribution < 1.29 is 4.39 Å². The van der Waals surface area contributed by atoms with Crippen molar-refractivity contribution in [2.45, 2.75) is 26.3 Å². The highest BCUT2D eigenvalue weighted by molar-refractivity contribution is 4.65. The largest absolute Gasteiger partial charge is 0.327 e. The van der Waals surface area contributed by atoms with Crippen molar-refractivity contribution in [2.75, 3.05) is 0 Å². The van der Waals surface area contributed by atoms with E-state index in [1.165, 1.54) is 11.0 Å². The summed E-state index contributed by atoms with van der Waals surface area (Å²) in [6, 6.07) is 0.233. The van der Waals surface area contributed by atoms with E-state index in [0.717, 1.165) is 6.42 Å². The second-order valence-electron chi connectivity index (χ2n) is 2.25. The molecule has 1 unspecified atom stereocenters. The molecule has 4 heteroatoms. The van der Waals surface area contributed by atoms with Crippen LogP contribution in [0.3, 0.4) is 0 Å². The van der Waals surface area contributed by atoms with E-state index in [1.807, 2.05) is 13.8 Å². The molecule has 10 heavy (non-hydrogen) atoms. The molecule has 0 aliphatic rings. The predicted molar refractivity (Wildman–Crippen MR) is 35.0 cm³/mol. The van der Waals surface area contributed by atoms with E-state index in [9.17, 15) is 4.39 Å². The lowest BCUT2D eigenvalue weighted by molar-refractivity contribution is 0.444. The number of hydrogen-bond donors (Lipinski definition) is 0. The van der Waals surface area contributed by atoms with Gasteiger partial charge in [-0.1, -0.05) is 6.92 Å². The van der Waals surface area contributed by atoms with Crippen LogP contribution in [-0.2, 0) is 0 Å². The van der Waals surface area contributed by atoms with Crippen LogP contribution < -0.4 is 0 Å². The molecule has 1 rings (SSSR count). The van der Waals surface area contributed by atoms with Crippen LogP contribution in [0.4, 0.5) is 4.39 Å². The van der Waals surface area contributed by atoms with Crippen molar-refractivity contribution in [3.05, 3.63) is 12.4 Å². The first-order valence-electron chi connectivity index (χ1n) is 3.30. The molecule has 1 heterocycles. The number of halogens is 1. The molecule has 0 amide bonds. The maximum Gasteiger partial charge on any atom is 0.327 e. The Labute approximate surface area is 58.9 Å². The molecule has 56 valence electrons. The molecule has 1 atom stereocenters. The normalized spacial score (nSPS) is 13.5. The van der Waals surface area contributed by atoms with Gasteiger partial charge in [0.05, 0.1) is 6.04 Å². The fraction of sp³-hybridized carbons (Fsp3) is 0.667. The van der Waals surface area contributed by atoms with Gasteiger partial charge in [0.1, 0.15) is 6.33 Å². The summed E-state index contributed by atoms with van der Waals surface area (Å²) >= 11 is 0. The van der Waals surface area contributed by atoms with E-state index in [1.54, 1.807) is 0 Å². The summed E-state index contributed by atoms with van der Waals surface area (Å²) in [6.45, 7) is 3.98. The average Bonchev–Trinajstić information content (AvgIpc) is 2.34. The lowest BCUT2D eigenvalue weighted by Gasteiger charge is -2.05. The minimum atomic E-state index is -0.653. The van der Waals surface area contributed by atoms with Crippen molar-refractivity contribution in [3.8, 4) is 0 Å². The highest BCUT2D eigenvalue weighted by Crippen LogP contribution is 2.06. The van der Waals surface area contributed by atoms with E-state index >= 15 is 0 Å². The molecule has 0 saturated heterocycles. The summed E-state index contributed by atoms with van der Waals surface area (Å²) in [4.78, 5) is 3.37. The maximum atomic E-state index is 12.2. The number of aromatic nitrogens is 3. The Hall–Kier alpha value is -0.930. The average molecular weight is 143 g/mol. The van der Waals surface area contributed by atoms with Gasteiger partial charge in [0, 0.05) is 0 Å². The quantitative estimate of drug-likeness (QED) is 0.626. The second kappa shape index (κ2) is 2.77. The van der Waals surface area contributed by atoms with E-state index < -0.39 is 6.08 Å². The van der Waals surface area contributed by atoms with Crippen LogP contribution >= 0.6 is 0 Å². The topological polar surface area (TPSA) is 30.7 Å². The number of hydrogen-bond acceptors (Lipinski definition) is 2. The van der Waals surface area contributed by atoms with Crippen LogP contribution in [0.2, 0.25) is 0 Å². The minimum Gasteiger partial charge on any atom is -0.247 e. The lowest BCUT2D eigenvalue weighted by atomic mass is 10.3. The molecule has 1 aromatic heterocycles. The van der Waals surface area contributed by atoms with Gasteiger partial charge in [0.15, 0.2) is 0 Å². The molecule has 0 aliphatic carbocycles. The molecule has 0 bridgehead atoms. The zero-order chi connectivity index (χ0) is 7.56. The second-order valence-corrected chi connectivity index (χ2v) is 2.25. The van der Waals surface area contributed by atoms with E-state index in [0.29, 0.717) is 0 Å². The Morgan fingerprint density at radius 3 is 2.90 bits per heavy atom. The van der Waals surface area contributed by atoms with Gasteiger partial charge in [-0.05, 0) is 13.3 Å². The SMILES string of the molecule is CCC(C)n1cnc(F)n1. The third kappa shape index (κ3) is 1.32. The Kier molecular flexibility index (Phi) is 1.99. The molecule has 0 aromatic carbocycles. The summed E-state index contributed by atoms with van der Waals surface area (Å²) in [5.41, 5.74) is 0. The molecule has 0 saturated carbocycles. The summed E-state index contributed by atoms with van der Waals surface area (Å²) in [7, 11) is 0. The number of nitrogens with zero attached hydrogens (tertiary/aromatic N) is 3. The third-order valence-corrected chi connectivity index (χ3v) is 1.52. The fourth-order valence-corrected chi connectivity index (χ4v) is 0.653. The van der Waals surface area contributed by atoms with Crippen LogP contribution in [0.15, 0.2) is 6.33 Å². The van der Waals surface area contributed by atoms with Crippen LogP contribution in [0.5, 0.6) is 0 Å². The van der Waals surface area contributed by atoms with Gasteiger partial charge >= 0.3 is 6.08 Å². The molecule has 0 N–H and O–H groups in total. The predicted octanol–water partition coefficient (Wildman–Crippen LogP) is 1.39. The molecule has 0 radical (unpaired) electrons. The van der Waals surface area contributed by atoms with E-state index in [-0.39, 0.29) is 6.04 Å². The van der Waals surface area contributed by atoms with Gasteiger partial charge in [0.25, 0.3) is 0 Å². The first kappa shape index (κ1) is 7.18. The third-order valence-electron chi connectivity index (χ3n) is 1.52. The van der Waals surface area contributed by atoms with Crippen LogP contribution in [0.25, 0.3) is 0 Å². The summed E-state index contributed by atoms with van der Waals surface area (Å²) in [5.74, 6) is 0. The van der Waals surface area contributed by atoms with Gasteiger partial charge < -0.3 is 0 Å². The Balaban J connectivity index is 2.74. The molecule has 3 nitrogen and oxygen atoms in total. The van der Waals surface area contributed by atoms with Crippen molar-refractivity contribution >= 4 is 0 Å². The van der Waals surface area contributed by atoms with Crippen molar-refractivity contribution in [1.82, 2.24) is 14.8 Å². The molecule has 0 spiro atoms. The highest BCUT2D eigenvalue weighted by atomic mass is 19.1. The Morgan fingerprint density at radius 2 is 2.50 bits per heavy atom. The molecular formula is C6H10FN3. The van der Waals surface area contributed by atoms with Gasteiger partial charge in [0.2, 0.25) is 0 Å². The van der Waals surface area contributed by atoms with Crippen molar-refractivity contribution in [2.24, 2.45) is 0 Å². The van der Waals surface area contributed by atoms with Gasteiger partial charge in [-0.25, -0.2) is 4.68 Å². The zero-order valence-electron chi connectivity index (χ0n) is 6.08. The van der Waals surface area contributed by atoms with Crippen molar-refractivity contribution in [1.29, 1.82) is 0 Å². The monoisotopic (exact) mass is 143 g/mol. The van der Waals surface area contributed by atoms with Gasteiger partial charge in [-0.3, -0.25) is 0 Å². The molecule has 0 aliphatic heterocycles. The molecule has 1 aromatic rings. The van der Waals surface area contributed by atoms with Crippen LogP contribution in [0, 0.1) is 6.08 Å². The van der Waals surface area contributed by atoms with Crippen LogP contribution in [-0.4, -0.2) is 14.8 Å². The molecule has 0 fully saturated rings. The van der Waals surface area contributed by atoms with E-state index in [4.69, 9.17) is 0 Å². The summed E-state index contributed by atoms with van der Waals surface area (Å²) in [6.07, 6.45) is 1.69. The Bertz CT molecular complexity index is 209. The lowest BCUT2D eigenvalue weighted by Crippen LogP contribution is -2.04. The van der Waals surface area contributed by atoms with E-state index in [2.05, 4.69) is 10.1 Å². The van der Waals surface area contributed by atoms with Gasteiger partial charge in [-0.2, -0.15) is 9.37 Å². The summed E-state index contributed by atoms with van der Waals surface area (Å²) < 4.78 is 13.7. The fourth-order valence-electron chi connectivity index (χ4n) is 0.653. The summed E-state index contributed by atoms with van der Waals surface area (Å²) in [5, 5.41) is 3.52.